The molecule has 4 rings (SSSR count). The van der Waals surface area contributed by atoms with Gasteiger partial charge in [-0.2, -0.15) is 0 Å². The standard InChI is InChI=1S/C20H19NO4/c22-19(21-9-3-5-14(21)10-20(23)24)12-15-11-17-16-6-2-1-4-13(16)7-8-18(17)25-15/h1-2,4,6-8,11,14H,3,5,9-10,12H2,(H,23,24). The van der Waals surface area contributed by atoms with Gasteiger partial charge in [0.1, 0.15) is 11.3 Å². The van der Waals surface area contributed by atoms with Crippen molar-refractivity contribution in [2.45, 2.75) is 31.7 Å². The van der Waals surface area contributed by atoms with E-state index in [2.05, 4.69) is 0 Å². The molecular weight excluding hydrogens is 318 g/mol. The fourth-order valence-corrected chi connectivity index (χ4v) is 3.76. The number of furan rings is 1. The highest BCUT2D eigenvalue weighted by atomic mass is 16.4. The van der Waals surface area contributed by atoms with Crippen LogP contribution < -0.4 is 0 Å². The first kappa shape index (κ1) is 15.7. The maximum Gasteiger partial charge on any atom is 0.305 e. The number of carbonyl (C=O) groups is 2. The van der Waals surface area contributed by atoms with Gasteiger partial charge in [0, 0.05) is 18.0 Å². The predicted molar refractivity (Wildman–Crippen MR) is 94.4 cm³/mol. The molecular formula is C20H19NO4. The Kier molecular flexibility index (Phi) is 3.92. The smallest absolute Gasteiger partial charge is 0.305 e. The van der Waals surface area contributed by atoms with Crippen molar-refractivity contribution in [3.63, 3.8) is 0 Å². The second-order valence-corrected chi connectivity index (χ2v) is 6.57. The second-order valence-electron chi connectivity index (χ2n) is 6.57. The molecule has 1 unspecified atom stereocenters. The molecule has 1 aliphatic heterocycles. The van der Waals surface area contributed by atoms with E-state index in [1.807, 2.05) is 42.5 Å². The minimum Gasteiger partial charge on any atom is -0.481 e. The Morgan fingerprint density at radius 1 is 1.16 bits per heavy atom. The van der Waals surface area contributed by atoms with Crippen LogP contribution in [0.15, 0.2) is 46.9 Å². The van der Waals surface area contributed by atoms with Gasteiger partial charge in [-0.1, -0.05) is 30.3 Å². The lowest BCUT2D eigenvalue weighted by molar-refractivity contribution is -0.139. The average molecular weight is 337 g/mol. The van der Waals surface area contributed by atoms with E-state index >= 15 is 0 Å². The van der Waals surface area contributed by atoms with Crippen LogP contribution in [0.25, 0.3) is 21.7 Å². The van der Waals surface area contributed by atoms with E-state index in [1.165, 1.54) is 0 Å². The van der Waals surface area contributed by atoms with Gasteiger partial charge in [-0.3, -0.25) is 9.59 Å². The molecule has 2 heterocycles. The molecule has 0 saturated carbocycles. The molecule has 1 amide bonds. The first-order valence-corrected chi connectivity index (χ1v) is 8.53. The first-order valence-electron chi connectivity index (χ1n) is 8.53. The van der Waals surface area contributed by atoms with Crippen molar-refractivity contribution in [3.8, 4) is 0 Å². The molecule has 5 heteroatoms. The van der Waals surface area contributed by atoms with Gasteiger partial charge in [0.15, 0.2) is 0 Å². The third-order valence-corrected chi connectivity index (χ3v) is 4.91. The van der Waals surface area contributed by atoms with Crippen molar-refractivity contribution in [2.75, 3.05) is 6.54 Å². The van der Waals surface area contributed by atoms with Gasteiger partial charge in [-0.15, -0.1) is 0 Å². The molecule has 0 spiro atoms. The van der Waals surface area contributed by atoms with Crippen LogP contribution in [0.1, 0.15) is 25.0 Å². The van der Waals surface area contributed by atoms with Crippen LogP contribution in [0.5, 0.6) is 0 Å². The van der Waals surface area contributed by atoms with Crippen molar-refractivity contribution in [1.82, 2.24) is 4.90 Å². The zero-order valence-corrected chi connectivity index (χ0v) is 13.8. The molecule has 0 radical (unpaired) electrons. The van der Waals surface area contributed by atoms with Gasteiger partial charge >= 0.3 is 5.97 Å². The number of benzene rings is 2. The van der Waals surface area contributed by atoms with Crippen LogP contribution in [0.2, 0.25) is 0 Å². The summed E-state index contributed by atoms with van der Waals surface area (Å²) in [6, 6.07) is 13.7. The number of carboxylic acids is 1. The van der Waals surface area contributed by atoms with Crippen molar-refractivity contribution in [2.24, 2.45) is 0 Å². The minimum atomic E-state index is -0.861. The van der Waals surface area contributed by atoms with Gasteiger partial charge in [-0.05, 0) is 35.7 Å². The van der Waals surface area contributed by atoms with E-state index in [0.29, 0.717) is 12.3 Å². The number of aliphatic carboxylic acids is 1. The topological polar surface area (TPSA) is 70.8 Å². The fraction of sp³-hybridized carbons (Fsp3) is 0.300. The van der Waals surface area contributed by atoms with Crippen LogP contribution >= 0.6 is 0 Å². The number of hydrogen-bond acceptors (Lipinski definition) is 3. The summed E-state index contributed by atoms with van der Waals surface area (Å²) in [5.74, 6) is -0.302. The van der Waals surface area contributed by atoms with Crippen molar-refractivity contribution in [3.05, 3.63) is 48.2 Å². The summed E-state index contributed by atoms with van der Waals surface area (Å²) in [5, 5.41) is 12.2. The van der Waals surface area contributed by atoms with Gasteiger partial charge < -0.3 is 14.4 Å². The lowest BCUT2D eigenvalue weighted by atomic mass is 10.1. The van der Waals surface area contributed by atoms with E-state index in [-0.39, 0.29) is 24.8 Å². The van der Waals surface area contributed by atoms with Gasteiger partial charge in [0.25, 0.3) is 0 Å². The maximum atomic E-state index is 12.6. The molecule has 0 aliphatic carbocycles. The Hall–Kier alpha value is -2.82. The molecule has 3 aromatic rings. The third kappa shape index (κ3) is 2.97. The summed E-state index contributed by atoms with van der Waals surface area (Å²) < 4.78 is 5.86. The zero-order valence-electron chi connectivity index (χ0n) is 13.8. The summed E-state index contributed by atoms with van der Waals surface area (Å²) >= 11 is 0. The number of carbonyl (C=O) groups excluding carboxylic acids is 1. The number of hydrogen-bond donors (Lipinski definition) is 1. The molecule has 1 saturated heterocycles. The minimum absolute atomic E-state index is 0.0104. The number of carboxylic acid groups (broad SMARTS) is 1. The van der Waals surface area contributed by atoms with Gasteiger partial charge in [0.05, 0.1) is 12.8 Å². The number of fused-ring (bicyclic) bond motifs is 3. The normalized spacial score (nSPS) is 17.4. The molecule has 1 aromatic heterocycles. The Morgan fingerprint density at radius 3 is 2.84 bits per heavy atom. The van der Waals surface area contributed by atoms with E-state index in [9.17, 15) is 9.59 Å². The molecule has 1 atom stereocenters. The highest BCUT2D eigenvalue weighted by Gasteiger charge is 2.30. The first-order chi connectivity index (χ1) is 12.1. The highest BCUT2D eigenvalue weighted by Crippen LogP contribution is 2.29. The van der Waals surface area contributed by atoms with Gasteiger partial charge in [0.2, 0.25) is 5.91 Å². The molecule has 25 heavy (non-hydrogen) atoms. The second kappa shape index (κ2) is 6.24. The van der Waals surface area contributed by atoms with E-state index in [0.717, 1.165) is 34.6 Å². The largest absolute Gasteiger partial charge is 0.481 e. The monoisotopic (exact) mass is 337 g/mol. The van der Waals surface area contributed by atoms with Crippen LogP contribution in [0.3, 0.4) is 0 Å². The quantitative estimate of drug-likeness (QED) is 0.790. The molecule has 128 valence electrons. The number of likely N-dealkylation sites (tertiary alicyclic amines) is 1. The van der Waals surface area contributed by atoms with Crippen molar-refractivity contribution < 1.29 is 19.1 Å². The lowest BCUT2D eigenvalue weighted by Gasteiger charge is -2.23. The third-order valence-electron chi connectivity index (χ3n) is 4.91. The Labute approximate surface area is 144 Å². The Balaban J connectivity index is 1.59. The summed E-state index contributed by atoms with van der Waals surface area (Å²) in [7, 11) is 0. The Bertz CT molecular complexity index is 959. The number of nitrogens with zero attached hydrogens (tertiary/aromatic N) is 1. The summed E-state index contributed by atoms with van der Waals surface area (Å²) in [5.41, 5.74) is 0.769. The molecule has 1 N–H and O–H groups in total. The van der Waals surface area contributed by atoms with Crippen LogP contribution in [-0.2, 0) is 16.0 Å². The maximum absolute atomic E-state index is 12.6. The van der Waals surface area contributed by atoms with E-state index in [1.54, 1.807) is 4.90 Å². The van der Waals surface area contributed by atoms with Crippen molar-refractivity contribution >= 4 is 33.6 Å². The SMILES string of the molecule is O=C(O)CC1CCCN1C(=O)Cc1cc2c(ccc3ccccc32)o1. The number of rotatable bonds is 4. The summed E-state index contributed by atoms with van der Waals surface area (Å²) in [6.45, 7) is 0.625. The molecule has 1 aliphatic rings. The average Bonchev–Trinajstić information content (AvgIpc) is 3.20. The van der Waals surface area contributed by atoms with Crippen LogP contribution in [0, 0.1) is 0 Å². The zero-order chi connectivity index (χ0) is 17.4. The van der Waals surface area contributed by atoms with Crippen LogP contribution in [0.4, 0.5) is 0 Å². The predicted octanol–water partition coefficient (Wildman–Crippen LogP) is 3.59. The molecule has 5 nitrogen and oxygen atoms in total. The lowest BCUT2D eigenvalue weighted by Crippen LogP contribution is -2.37. The summed E-state index contributed by atoms with van der Waals surface area (Å²) in [6.07, 6.45) is 1.78. The van der Waals surface area contributed by atoms with E-state index in [4.69, 9.17) is 9.52 Å². The van der Waals surface area contributed by atoms with E-state index < -0.39 is 5.97 Å². The molecule has 2 aromatic carbocycles. The highest BCUT2D eigenvalue weighted by molar-refractivity contribution is 6.06. The van der Waals surface area contributed by atoms with Gasteiger partial charge in [-0.25, -0.2) is 0 Å². The van der Waals surface area contributed by atoms with Crippen molar-refractivity contribution in [1.29, 1.82) is 0 Å². The molecule has 1 fully saturated rings. The number of amides is 1. The van der Waals surface area contributed by atoms with Crippen LogP contribution in [-0.4, -0.2) is 34.5 Å². The Morgan fingerprint density at radius 2 is 2.00 bits per heavy atom. The summed E-state index contributed by atoms with van der Waals surface area (Å²) in [4.78, 5) is 25.3. The fourth-order valence-electron chi connectivity index (χ4n) is 3.76. The molecule has 0 bridgehead atoms.